The Bertz CT molecular complexity index is 1320. The van der Waals surface area contributed by atoms with Gasteiger partial charge in [-0.25, -0.2) is 19.7 Å². The summed E-state index contributed by atoms with van der Waals surface area (Å²) < 4.78 is 0. The number of nitrogens with zero attached hydrogens (tertiary/aromatic N) is 6. The number of thiazole rings is 2. The zero-order chi connectivity index (χ0) is 26.4. The number of piperazine rings is 1. The number of piperidine rings is 1. The van der Waals surface area contributed by atoms with Crippen LogP contribution in [0.3, 0.4) is 0 Å². The Labute approximate surface area is 229 Å². The molecule has 0 saturated carbocycles. The van der Waals surface area contributed by atoms with Crippen LogP contribution >= 0.6 is 22.7 Å². The summed E-state index contributed by atoms with van der Waals surface area (Å²) in [6.45, 7) is 6.28. The van der Waals surface area contributed by atoms with Crippen molar-refractivity contribution in [1.82, 2.24) is 29.7 Å². The van der Waals surface area contributed by atoms with E-state index in [-0.39, 0.29) is 30.1 Å². The number of hydrogen-bond donors (Lipinski definition) is 2. The van der Waals surface area contributed by atoms with Crippen molar-refractivity contribution in [2.75, 3.05) is 31.5 Å². The van der Waals surface area contributed by atoms with E-state index in [4.69, 9.17) is 0 Å². The Kier molecular flexibility index (Phi) is 6.79. The minimum atomic E-state index is -0.309. The largest absolute Gasteiger partial charge is 0.393 e. The van der Waals surface area contributed by atoms with E-state index in [1.807, 2.05) is 40.0 Å². The highest BCUT2D eigenvalue weighted by Crippen LogP contribution is 2.34. The molecule has 2 atom stereocenters. The SMILES string of the molecule is Cc1nc(C)c(-c2csc(Nc3ccc(C(=O)N4[C@@H]5CC[C@H]4CN(C(=O)N4CCC(O)CC4)C5)cn3)n2)s1. The Balaban J connectivity index is 1.08. The van der Waals surface area contributed by atoms with Crippen LogP contribution in [0.15, 0.2) is 23.7 Å². The lowest BCUT2D eigenvalue weighted by molar-refractivity contribution is 0.0386. The van der Waals surface area contributed by atoms with Crippen molar-refractivity contribution in [3.05, 3.63) is 40.0 Å². The molecule has 2 N–H and O–H groups in total. The third-order valence-corrected chi connectivity index (χ3v) is 9.46. The van der Waals surface area contributed by atoms with Gasteiger partial charge in [-0.3, -0.25) is 4.79 Å². The van der Waals surface area contributed by atoms with Crippen molar-refractivity contribution in [3.8, 4) is 10.6 Å². The molecule has 3 amide bonds. The fourth-order valence-corrected chi connectivity index (χ4v) is 7.37. The predicted octanol–water partition coefficient (Wildman–Crippen LogP) is 3.89. The number of fused-ring (bicyclic) bond motifs is 2. The number of aliphatic hydroxyl groups excluding tert-OH is 1. The third-order valence-electron chi connectivity index (χ3n) is 7.61. The molecular formula is C26H31N7O3S2. The van der Waals surface area contributed by atoms with Crippen LogP contribution in [-0.4, -0.2) is 91.1 Å². The number of aromatic nitrogens is 3. The van der Waals surface area contributed by atoms with E-state index in [0.29, 0.717) is 50.4 Å². The fraction of sp³-hybridized carbons (Fsp3) is 0.500. The van der Waals surface area contributed by atoms with Crippen LogP contribution in [0.1, 0.15) is 46.7 Å². The molecule has 12 heteroatoms. The van der Waals surface area contributed by atoms with Crippen molar-refractivity contribution in [3.63, 3.8) is 0 Å². The number of amides is 3. The molecule has 200 valence electrons. The summed E-state index contributed by atoms with van der Waals surface area (Å²) in [7, 11) is 0. The van der Waals surface area contributed by atoms with Crippen molar-refractivity contribution in [2.45, 2.75) is 57.7 Å². The predicted molar refractivity (Wildman–Crippen MR) is 147 cm³/mol. The molecule has 6 heterocycles. The third kappa shape index (κ3) is 4.87. The first-order valence-corrected chi connectivity index (χ1v) is 14.7. The first kappa shape index (κ1) is 25.2. The van der Waals surface area contributed by atoms with E-state index < -0.39 is 0 Å². The van der Waals surface area contributed by atoms with Gasteiger partial charge in [-0.1, -0.05) is 0 Å². The summed E-state index contributed by atoms with van der Waals surface area (Å²) in [5.41, 5.74) is 2.43. The van der Waals surface area contributed by atoms with Gasteiger partial charge in [0.2, 0.25) is 0 Å². The van der Waals surface area contributed by atoms with Crippen molar-refractivity contribution in [2.24, 2.45) is 0 Å². The molecule has 0 aromatic carbocycles. The van der Waals surface area contributed by atoms with E-state index >= 15 is 0 Å². The average molecular weight is 554 g/mol. The maximum atomic E-state index is 13.4. The van der Waals surface area contributed by atoms with Gasteiger partial charge in [-0.05, 0) is 51.7 Å². The zero-order valence-corrected chi connectivity index (χ0v) is 23.1. The number of aliphatic hydroxyl groups is 1. The standard InChI is InChI=1S/C26H31N7O3S2/c1-15-23(38-16(2)28-15)21-14-37-25(29-21)30-22-6-3-17(11-27-22)24(35)33-18-4-5-19(33)13-32(12-18)26(36)31-9-7-20(34)8-10-31/h3,6,11,14,18-20,34H,4-5,7-10,12-13H2,1-2H3,(H,27,29,30)/t18-,19+. The first-order chi connectivity index (χ1) is 18.4. The normalized spacial score (nSPS) is 21.7. The second-order valence-electron chi connectivity index (χ2n) is 10.2. The van der Waals surface area contributed by atoms with E-state index in [1.54, 1.807) is 23.6 Å². The molecule has 38 heavy (non-hydrogen) atoms. The molecule has 0 aliphatic carbocycles. The highest BCUT2D eigenvalue weighted by molar-refractivity contribution is 7.16. The number of nitrogens with one attached hydrogen (secondary N) is 1. The molecular weight excluding hydrogens is 522 g/mol. The number of anilines is 2. The molecule has 6 rings (SSSR count). The smallest absolute Gasteiger partial charge is 0.320 e. The molecule has 2 bridgehead atoms. The summed E-state index contributed by atoms with van der Waals surface area (Å²) in [5, 5.41) is 16.8. The number of pyridine rings is 1. The second-order valence-corrected chi connectivity index (χ2v) is 12.3. The Morgan fingerprint density at radius 1 is 1.03 bits per heavy atom. The lowest BCUT2D eigenvalue weighted by atomic mass is 10.1. The average Bonchev–Trinajstić information content (AvgIpc) is 3.58. The summed E-state index contributed by atoms with van der Waals surface area (Å²) in [4.78, 5) is 46.9. The van der Waals surface area contributed by atoms with Crippen molar-refractivity contribution < 1.29 is 14.7 Å². The van der Waals surface area contributed by atoms with E-state index in [0.717, 1.165) is 39.2 Å². The van der Waals surface area contributed by atoms with Crippen LogP contribution in [-0.2, 0) is 0 Å². The van der Waals surface area contributed by atoms with Gasteiger partial charge < -0.3 is 25.1 Å². The number of carbonyl (C=O) groups excluding carboxylic acids is 2. The lowest BCUT2D eigenvalue weighted by Gasteiger charge is -2.43. The van der Waals surface area contributed by atoms with Gasteiger partial charge >= 0.3 is 6.03 Å². The van der Waals surface area contributed by atoms with E-state index in [9.17, 15) is 14.7 Å². The number of carbonyl (C=O) groups is 2. The number of rotatable bonds is 4. The zero-order valence-electron chi connectivity index (χ0n) is 21.5. The monoisotopic (exact) mass is 553 g/mol. The van der Waals surface area contributed by atoms with Gasteiger partial charge in [0.1, 0.15) is 5.82 Å². The molecule has 3 aromatic rings. The molecule has 3 aromatic heterocycles. The number of aryl methyl sites for hydroxylation is 2. The minimum Gasteiger partial charge on any atom is -0.393 e. The highest BCUT2D eigenvalue weighted by Gasteiger charge is 2.45. The Morgan fingerprint density at radius 2 is 1.76 bits per heavy atom. The molecule has 0 spiro atoms. The first-order valence-electron chi connectivity index (χ1n) is 13.0. The summed E-state index contributed by atoms with van der Waals surface area (Å²) in [6.07, 6.45) is 4.37. The fourth-order valence-electron chi connectivity index (χ4n) is 5.71. The molecule has 0 radical (unpaired) electrons. The van der Waals surface area contributed by atoms with Crippen molar-refractivity contribution in [1.29, 1.82) is 0 Å². The van der Waals surface area contributed by atoms with Gasteiger partial charge in [0.05, 0.1) is 45.0 Å². The van der Waals surface area contributed by atoms with Crippen LogP contribution in [0.2, 0.25) is 0 Å². The van der Waals surface area contributed by atoms with E-state index in [1.165, 1.54) is 11.3 Å². The summed E-state index contributed by atoms with van der Waals surface area (Å²) >= 11 is 3.14. The maximum Gasteiger partial charge on any atom is 0.320 e. The van der Waals surface area contributed by atoms with Crippen LogP contribution in [0, 0.1) is 13.8 Å². The van der Waals surface area contributed by atoms with Crippen LogP contribution < -0.4 is 5.32 Å². The summed E-state index contributed by atoms with van der Waals surface area (Å²) in [6, 6.07) is 3.68. The van der Waals surface area contributed by atoms with Gasteiger partial charge in [0.25, 0.3) is 5.91 Å². The van der Waals surface area contributed by atoms with Gasteiger partial charge in [-0.15, -0.1) is 22.7 Å². The van der Waals surface area contributed by atoms with E-state index in [2.05, 4.69) is 20.3 Å². The maximum absolute atomic E-state index is 13.4. The van der Waals surface area contributed by atoms with Gasteiger partial charge in [0.15, 0.2) is 5.13 Å². The number of hydrogen-bond acceptors (Lipinski definition) is 9. The topological polar surface area (TPSA) is 115 Å². The van der Waals surface area contributed by atoms with Crippen LogP contribution in [0.5, 0.6) is 0 Å². The molecule has 3 fully saturated rings. The quantitative estimate of drug-likeness (QED) is 0.504. The molecule has 10 nitrogen and oxygen atoms in total. The molecule has 3 saturated heterocycles. The van der Waals surface area contributed by atoms with Crippen LogP contribution in [0.25, 0.3) is 10.6 Å². The number of urea groups is 1. The number of likely N-dealkylation sites (tertiary alicyclic amines) is 2. The molecule has 0 unspecified atom stereocenters. The summed E-state index contributed by atoms with van der Waals surface area (Å²) in [5.74, 6) is 0.599. The Morgan fingerprint density at radius 3 is 2.39 bits per heavy atom. The Hall–Kier alpha value is -3.09. The van der Waals surface area contributed by atoms with Crippen molar-refractivity contribution >= 4 is 45.6 Å². The minimum absolute atomic E-state index is 0.0194. The van der Waals surface area contributed by atoms with Gasteiger partial charge in [0, 0.05) is 37.8 Å². The highest BCUT2D eigenvalue weighted by atomic mass is 32.1. The van der Waals surface area contributed by atoms with Gasteiger partial charge in [-0.2, -0.15) is 0 Å². The second kappa shape index (κ2) is 10.2. The van der Waals surface area contributed by atoms with Crippen LogP contribution in [0.4, 0.5) is 15.7 Å². The lowest BCUT2D eigenvalue weighted by Crippen LogP contribution is -2.60. The molecule has 3 aliphatic heterocycles. The molecule has 3 aliphatic rings.